The van der Waals surface area contributed by atoms with Gasteiger partial charge in [0.1, 0.15) is 0 Å². The first-order chi connectivity index (χ1) is 8.84. The predicted octanol–water partition coefficient (Wildman–Crippen LogP) is 1.12. The van der Waals surface area contributed by atoms with Crippen LogP contribution < -0.4 is 10.6 Å². The van der Waals surface area contributed by atoms with E-state index in [4.69, 9.17) is 0 Å². The fourth-order valence-corrected chi connectivity index (χ4v) is 2.78. The zero-order valence-electron chi connectivity index (χ0n) is 11.1. The molecule has 2 N–H and O–H groups in total. The lowest BCUT2D eigenvalue weighted by Crippen LogP contribution is -2.46. The maximum Gasteiger partial charge on any atom is 0.220 e. The largest absolute Gasteiger partial charge is 0.355 e. The standard InChI is InChI=1S/C13H21N3OS.ClH/c17-13(4-3-12-2-1-11-18-12)15-7-10-16-8-5-14-6-9-16;/h1-2,11,14H,3-10H2,(H,15,17);1H. The molecule has 1 amide bonds. The summed E-state index contributed by atoms with van der Waals surface area (Å²) in [5.74, 6) is 0.165. The molecule has 4 nitrogen and oxygen atoms in total. The molecule has 0 aromatic carbocycles. The lowest BCUT2D eigenvalue weighted by atomic mass is 10.2. The Balaban J connectivity index is 0.00000180. The number of hydrogen-bond donors (Lipinski definition) is 2. The van der Waals surface area contributed by atoms with Crippen molar-refractivity contribution in [3.63, 3.8) is 0 Å². The molecule has 6 heteroatoms. The Kier molecular flexibility index (Phi) is 8.05. The topological polar surface area (TPSA) is 44.4 Å². The highest BCUT2D eigenvalue weighted by Crippen LogP contribution is 2.10. The molecule has 19 heavy (non-hydrogen) atoms. The third-order valence-electron chi connectivity index (χ3n) is 3.14. The average molecular weight is 304 g/mol. The Bertz CT molecular complexity index is 353. The number of nitrogens with one attached hydrogen (secondary N) is 2. The van der Waals surface area contributed by atoms with Gasteiger partial charge in [-0.3, -0.25) is 9.69 Å². The van der Waals surface area contributed by atoms with Crippen LogP contribution in [0.3, 0.4) is 0 Å². The minimum atomic E-state index is 0. The van der Waals surface area contributed by atoms with Gasteiger partial charge < -0.3 is 10.6 Å². The van der Waals surface area contributed by atoms with E-state index in [0.29, 0.717) is 6.42 Å². The molecule has 1 aromatic rings. The van der Waals surface area contributed by atoms with E-state index in [0.717, 1.165) is 45.7 Å². The molecule has 1 fully saturated rings. The second kappa shape index (κ2) is 9.31. The second-order valence-electron chi connectivity index (χ2n) is 4.52. The van der Waals surface area contributed by atoms with E-state index < -0.39 is 0 Å². The number of carbonyl (C=O) groups is 1. The van der Waals surface area contributed by atoms with Gasteiger partial charge >= 0.3 is 0 Å². The smallest absolute Gasteiger partial charge is 0.220 e. The Labute approximate surface area is 125 Å². The second-order valence-corrected chi connectivity index (χ2v) is 5.55. The number of halogens is 1. The predicted molar refractivity (Wildman–Crippen MR) is 82.2 cm³/mol. The lowest BCUT2D eigenvalue weighted by Gasteiger charge is -2.27. The van der Waals surface area contributed by atoms with Gasteiger partial charge in [-0.2, -0.15) is 0 Å². The molecule has 0 saturated carbocycles. The van der Waals surface area contributed by atoms with Crippen LogP contribution in [0.5, 0.6) is 0 Å². The zero-order valence-corrected chi connectivity index (χ0v) is 12.7. The minimum absolute atomic E-state index is 0. The van der Waals surface area contributed by atoms with Crippen LogP contribution in [0, 0.1) is 0 Å². The number of hydrogen-bond acceptors (Lipinski definition) is 4. The van der Waals surface area contributed by atoms with Gasteiger partial charge in [-0.05, 0) is 17.9 Å². The number of carbonyl (C=O) groups excluding carboxylic acids is 1. The van der Waals surface area contributed by atoms with Crippen LogP contribution in [-0.2, 0) is 11.2 Å². The van der Waals surface area contributed by atoms with Gasteiger partial charge in [0, 0.05) is 50.6 Å². The highest BCUT2D eigenvalue weighted by Gasteiger charge is 2.09. The molecule has 108 valence electrons. The van der Waals surface area contributed by atoms with Crippen molar-refractivity contribution in [3.05, 3.63) is 22.4 Å². The van der Waals surface area contributed by atoms with Crippen LogP contribution in [0.2, 0.25) is 0 Å². The maximum atomic E-state index is 11.6. The highest BCUT2D eigenvalue weighted by atomic mass is 35.5. The molecule has 1 saturated heterocycles. The van der Waals surface area contributed by atoms with Gasteiger partial charge in [0.05, 0.1) is 0 Å². The molecule has 0 aliphatic carbocycles. The molecule has 1 aliphatic heterocycles. The summed E-state index contributed by atoms with van der Waals surface area (Å²) in [7, 11) is 0. The van der Waals surface area contributed by atoms with Gasteiger partial charge in [0.25, 0.3) is 0 Å². The molecule has 0 radical (unpaired) electrons. The fourth-order valence-electron chi connectivity index (χ4n) is 2.07. The molecule has 2 heterocycles. The molecule has 0 spiro atoms. The summed E-state index contributed by atoms with van der Waals surface area (Å²) < 4.78 is 0. The SMILES string of the molecule is Cl.O=C(CCc1cccs1)NCCN1CCNCC1. The van der Waals surface area contributed by atoms with Crippen molar-refractivity contribution in [3.8, 4) is 0 Å². The number of thiophene rings is 1. The molecular formula is C13H22ClN3OS. The van der Waals surface area contributed by atoms with Crippen molar-refractivity contribution in [2.24, 2.45) is 0 Å². The maximum absolute atomic E-state index is 11.6. The van der Waals surface area contributed by atoms with Crippen molar-refractivity contribution in [2.45, 2.75) is 12.8 Å². The molecule has 0 atom stereocenters. The Morgan fingerprint density at radius 2 is 2.21 bits per heavy atom. The molecule has 0 bridgehead atoms. The molecular weight excluding hydrogens is 282 g/mol. The number of amides is 1. The van der Waals surface area contributed by atoms with Crippen molar-refractivity contribution < 1.29 is 4.79 Å². The van der Waals surface area contributed by atoms with Crippen LogP contribution in [-0.4, -0.2) is 50.1 Å². The number of nitrogens with zero attached hydrogens (tertiary/aromatic N) is 1. The van der Waals surface area contributed by atoms with Gasteiger partial charge in [0.15, 0.2) is 0 Å². The van der Waals surface area contributed by atoms with E-state index in [1.54, 1.807) is 11.3 Å². The van der Waals surface area contributed by atoms with Crippen LogP contribution in [0.15, 0.2) is 17.5 Å². The Morgan fingerprint density at radius 3 is 2.89 bits per heavy atom. The molecule has 1 aromatic heterocycles. The van der Waals surface area contributed by atoms with Gasteiger partial charge in [0.2, 0.25) is 5.91 Å². The van der Waals surface area contributed by atoms with Gasteiger partial charge in [-0.1, -0.05) is 6.07 Å². The third-order valence-corrected chi connectivity index (χ3v) is 4.07. The van der Waals surface area contributed by atoms with E-state index in [9.17, 15) is 4.79 Å². The van der Waals surface area contributed by atoms with E-state index in [2.05, 4.69) is 27.0 Å². The third kappa shape index (κ3) is 6.38. The summed E-state index contributed by atoms with van der Waals surface area (Å²) in [4.78, 5) is 15.3. The van der Waals surface area contributed by atoms with Crippen LogP contribution >= 0.6 is 23.7 Å². The first kappa shape index (κ1) is 16.4. The van der Waals surface area contributed by atoms with Crippen molar-refractivity contribution >= 4 is 29.7 Å². The monoisotopic (exact) mass is 303 g/mol. The van der Waals surface area contributed by atoms with Crippen LogP contribution in [0.25, 0.3) is 0 Å². The van der Waals surface area contributed by atoms with Crippen molar-refractivity contribution in [1.82, 2.24) is 15.5 Å². The minimum Gasteiger partial charge on any atom is -0.355 e. The number of aryl methyl sites for hydroxylation is 1. The van der Waals surface area contributed by atoms with Crippen LogP contribution in [0.1, 0.15) is 11.3 Å². The Hall–Kier alpha value is -0.620. The van der Waals surface area contributed by atoms with E-state index in [1.165, 1.54) is 4.88 Å². The van der Waals surface area contributed by atoms with E-state index in [-0.39, 0.29) is 18.3 Å². The van der Waals surface area contributed by atoms with Crippen molar-refractivity contribution in [1.29, 1.82) is 0 Å². The lowest BCUT2D eigenvalue weighted by molar-refractivity contribution is -0.121. The fraction of sp³-hybridized carbons (Fsp3) is 0.615. The number of rotatable bonds is 6. The van der Waals surface area contributed by atoms with Crippen LogP contribution in [0.4, 0.5) is 0 Å². The van der Waals surface area contributed by atoms with Gasteiger partial charge in [-0.25, -0.2) is 0 Å². The normalized spacial score (nSPS) is 15.8. The summed E-state index contributed by atoms with van der Waals surface area (Å²) in [5, 5.41) is 8.37. The summed E-state index contributed by atoms with van der Waals surface area (Å²) in [6.07, 6.45) is 1.46. The summed E-state index contributed by atoms with van der Waals surface area (Å²) >= 11 is 1.72. The van der Waals surface area contributed by atoms with E-state index >= 15 is 0 Å². The molecule has 2 rings (SSSR count). The van der Waals surface area contributed by atoms with Gasteiger partial charge in [-0.15, -0.1) is 23.7 Å². The Morgan fingerprint density at radius 1 is 1.42 bits per heavy atom. The summed E-state index contributed by atoms with van der Waals surface area (Å²) in [6.45, 7) is 6.03. The molecule has 1 aliphatic rings. The number of piperazine rings is 1. The highest BCUT2D eigenvalue weighted by molar-refractivity contribution is 7.09. The quantitative estimate of drug-likeness (QED) is 0.828. The molecule has 0 unspecified atom stereocenters. The zero-order chi connectivity index (χ0) is 12.6. The van der Waals surface area contributed by atoms with E-state index in [1.807, 2.05) is 6.07 Å². The first-order valence-corrected chi connectivity index (χ1v) is 7.45. The average Bonchev–Trinajstić information content (AvgIpc) is 2.91. The van der Waals surface area contributed by atoms with Crippen molar-refractivity contribution in [2.75, 3.05) is 39.3 Å². The summed E-state index contributed by atoms with van der Waals surface area (Å²) in [5.41, 5.74) is 0. The first-order valence-electron chi connectivity index (χ1n) is 6.57. The summed E-state index contributed by atoms with van der Waals surface area (Å²) in [6, 6.07) is 4.11.